The van der Waals surface area contributed by atoms with Gasteiger partial charge in [-0.3, -0.25) is 0 Å². The molecule has 1 radical (unpaired) electrons. The Morgan fingerprint density at radius 3 is 1.96 bits per heavy atom. The molecule has 0 aliphatic heterocycles. The third-order valence-electron chi connectivity index (χ3n) is 8.45. The predicted octanol–water partition coefficient (Wildman–Crippen LogP) is 9.34. The molecule has 4 aromatic carbocycles. The van der Waals surface area contributed by atoms with Crippen LogP contribution in [0.1, 0.15) is 16.7 Å². The molecule has 7 aromatic rings. The van der Waals surface area contributed by atoms with Crippen LogP contribution >= 0.6 is 0 Å². The number of hydrogen-bond donors (Lipinski definition) is 0. The number of benzene rings is 4. The maximum absolute atomic E-state index is 6.15. The number of aromatic nitrogens is 2. The Labute approximate surface area is 293 Å². The van der Waals surface area contributed by atoms with Crippen LogP contribution < -0.4 is 14.3 Å². The smallest absolute Gasteiger partial charge is 0.134 e. The summed E-state index contributed by atoms with van der Waals surface area (Å²) in [7, 11) is 6.94. The predicted molar refractivity (Wildman–Crippen MR) is 195 cm³/mol. The summed E-state index contributed by atoms with van der Waals surface area (Å²) in [6, 6.07) is 37.7. The molecule has 3 nitrogen and oxygen atoms in total. The first-order valence-corrected chi connectivity index (χ1v) is 19.0. The van der Waals surface area contributed by atoms with E-state index in [4.69, 9.17) is 4.42 Å². The quantitative estimate of drug-likeness (QED) is 0.0988. The van der Waals surface area contributed by atoms with Gasteiger partial charge in [0.25, 0.3) is 0 Å². The van der Waals surface area contributed by atoms with E-state index >= 15 is 0 Å². The molecule has 3 aromatic heterocycles. The SMILES string of the molecule is [CH2-]c1cc(C)ccc1-c1ccc([Si](C)(C)C)c[n+]1[CH2-].[CH2-]c1cc2oc3cc(-c4ccccc4)ccc3c2cc1-c1cccc[n+]1[CH2-].[Ir]. The van der Waals surface area contributed by atoms with Crippen molar-refractivity contribution in [1.82, 2.24) is 0 Å². The van der Waals surface area contributed by atoms with Crippen LogP contribution in [0.2, 0.25) is 19.6 Å². The maximum Gasteiger partial charge on any atom is 0.134 e. The monoisotopic (exact) mass is 809 g/mol. The summed E-state index contributed by atoms with van der Waals surface area (Å²) < 4.78 is 10.00. The second-order valence-electron chi connectivity index (χ2n) is 12.9. The van der Waals surface area contributed by atoms with E-state index in [1.165, 1.54) is 16.3 Å². The summed E-state index contributed by atoms with van der Waals surface area (Å²) in [6.45, 7) is 17.5. The number of aryl methyl sites for hydroxylation is 1. The Morgan fingerprint density at radius 2 is 1.28 bits per heavy atom. The van der Waals surface area contributed by atoms with Gasteiger partial charge in [0, 0.05) is 45.0 Å². The van der Waals surface area contributed by atoms with E-state index in [1.807, 2.05) is 51.7 Å². The number of fused-ring (bicyclic) bond motifs is 3. The van der Waals surface area contributed by atoms with E-state index in [0.717, 1.165) is 61.1 Å². The second kappa shape index (κ2) is 13.6. The molecule has 0 aliphatic carbocycles. The first-order valence-electron chi connectivity index (χ1n) is 15.5. The van der Waals surface area contributed by atoms with Crippen LogP contribution in [0.15, 0.2) is 126 Å². The zero-order valence-corrected chi connectivity index (χ0v) is 30.9. The van der Waals surface area contributed by atoms with Crippen LogP contribution in [0.3, 0.4) is 0 Å². The Morgan fingerprint density at radius 1 is 0.596 bits per heavy atom. The minimum Gasteiger partial charge on any atom is -0.469 e. The zero-order valence-electron chi connectivity index (χ0n) is 27.5. The van der Waals surface area contributed by atoms with Gasteiger partial charge >= 0.3 is 0 Å². The van der Waals surface area contributed by atoms with Crippen molar-refractivity contribution in [1.29, 1.82) is 0 Å². The van der Waals surface area contributed by atoms with Gasteiger partial charge < -0.3 is 13.6 Å². The molecule has 0 unspecified atom stereocenters. The molecular weight excluding hydrogens is 769 g/mol. The summed E-state index contributed by atoms with van der Waals surface area (Å²) in [5.74, 6) is 0. The molecule has 0 saturated carbocycles. The van der Waals surface area contributed by atoms with Gasteiger partial charge in [-0.05, 0) is 23.3 Å². The van der Waals surface area contributed by atoms with Gasteiger partial charge in [0.15, 0.2) is 0 Å². The minimum atomic E-state index is -1.29. The average Bonchev–Trinajstić information content (AvgIpc) is 3.38. The van der Waals surface area contributed by atoms with E-state index < -0.39 is 8.07 Å². The number of furan rings is 1. The van der Waals surface area contributed by atoms with E-state index in [1.54, 1.807) is 0 Å². The summed E-state index contributed by atoms with van der Waals surface area (Å²) in [4.78, 5) is 0. The molecule has 0 saturated heterocycles. The van der Waals surface area contributed by atoms with Gasteiger partial charge in [0.1, 0.15) is 5.58 Å². The van der Waals surface area contributed by atoms with Gasteiger partial charge in [-0.1, -0.05) is 105 Å². The molecule has 0 aliphatic rings. The third kappa shape index (κ3) is 7.03. The fourth-order valence-electron chi connectivity index (χ4n) is 5.84. The van der Waals surface area contributed by atoms with E-state index in [-0.39, 0.29) is 20.1 Å². The van der Waals surface area contributed by atoms with Crippen LogP contribution in [0.5, 0.6) is 0 Å². The molecule has 0 spiro atoms. The van der Waals surface area contributed by atoms with Crippen molar-refractivity contribution in [3.8, 4) is 33.6 Å². The number of hydrogen-bond acceptors (Lipinski definition) is 1. The van der Waals surface area contributed by atoms with Crippen LogP contribution in [-0.2, 0) is 20.1 Å². The van der Waals surface area contributed by atoms with Crippen molar-refractivity contribution in [2.24, 2.45) is 0 Å². The fraction of sp³-hybridized carbons (Fsp3) is 0.0952. The minimum absolute atomic E-state index is 0. The number of rotatable bonds is 4. The normalized spacial score (nSPS) is 11.1. The van der Waals surface area contributed by atoms with Crippen LogP contribution in [0.4, 0.5) is 0 Å². The molecule has 0 atom stereocenters. The maximum atomic E-state index is 6.15. The standard InChI is InChI=1S/C25H18NO.C17H22NSi.Ir/c1-17-14-24-22(16-21(17)23-10-6-7-13-26(23)2)20-12-11-19(15-25(20)27-24)18-8-4-3-5-9-18;1-13-7-9-16(14(2)11-13)17-10-8-15(12-18(17)3)19(4,5)6;/h3-16H,1-2H2;7-12H,2-3H2,1,4-6H3;/q2*-1;. The summed E-state index contributed by atoms with van der Waals surface area (Å²) in [5.41, 5.74) is 11.7. The summed E-state index contributed by atoms with van der Waals surface area (Å²) in [5, 5.41) is 3.62. The Kier molecular flexibility index (Phi) is 9.74. The molecule has 5 heteroatoms. The van der Waals surface area contributed by atoms with Crippen molar-refractivity contribution in [2.75, 3.05) is 0 Å². The molecule has 7 rings (SSSR count). The first-order chi connectivity index (χ1) is 22.0. The zero-order chi connectivity index (χ0) is 32.6. The van der Waals surface area contributed by atoms with Gasteiger partial charge in [0.2, 0.25) is 0 Å². The van der Waals surface area contributed by atoms with Crippen molar-refractivity contribution in [3.05, 3.63) is 166 Å². The number of nitrogens with zero attached hydrogens (tertiary/aromatic N) is 2. The van der Waals surface area contributed by atoms with Gasteiger partial charge in [0.05, 0.1) is 37.4 Å². The van der Waals surface area contributed by atoms with Gasteiger partial charge in [-0.15, -0.1) is 34.9 Å². The molecule has 0 fully saturated rings. The molecule has 3 heterocycles. The molecular formula is C42H40IrN2OSi-2. The van der Waals surface area contributed by atoms with Crippen molar-refractivity contribution in [3.63, 3.8) is 0 Å². The van der Waals surface area contributed by atoms with E-state index in [9.17, 15) is 0 Å². The van der Waals surface area contributed by atoms with Gasteiger partial charge in [-0.25, -0.2) is 0 Å². The molecule has 0 N–H and O–H groups in total. The van der Waals surface area contributed by atoms with Crippen molar-refractivity contribution >= 4 is 35.2 Å². The molecule has 0 bridgehead atoms. The molecule has 47 heavy (non-hydrogen) atoms. The van der Waals surface area contributed by atoms with E-state index in [2.05, 4.69) is 134 Å². The van der Waals surface area contributed by atoms with E-state index in [0.29, 0.717) is 0 Å². The topological polar surface area (TPSA) is 20.9 Å². The van der Waals surface area contributed by atoms with Crippen molar-refractivity contribution < 1.29 is 33.7 Å². The Bertz CT molecular complexity index is 2200. The first kappa shape index (κ1) is 33.7. The largest absolute Gasteiger partial charge is 0.469 e. The van der Waals surface area contributed by atoms with Crippen LogP contribution in [0, 0.1) is 34.9 Å². The molecule has 239 valence electrons. The number of pyridine rings is 2. The molecule has 0 amide bonds. The Balaban J connectivity index is 0.000000192. The Hall–Kier alpha value is -4.67. The summed E-state index contributed by atoms with van der Waals surface area (Å²) >= 11 is 0. The summed E-state index contributed by atoms with van der Waals surface area (Å²) in [6.07, 6.45) is 4.11. The van der Waals surface area contributed by atoms with Crippen LogP contribution in [0.25, 0.3) is 55.6 Å². The van der Waals surface area contributed by atoms with Crippen LogP contribution in [-0.4, -0.2) is 8.07 Å². The average molecular weight is 809 g/mol. The third-order valence-corrected chi connectivity index (χ3v) is 10.5. The van der Waals surface area contributed by atoms with Crippen molar-refractivity contribution in [2.45, 2.75) is 26.6 Å². The second-order valence-corrected chi connectivity index (χ2v) is 18.0. The van der Waals surface area contributed by atoms with Gasteiger partial charge in [-0.2, -0.15) is 31.0 Å². The fourth-order valence-corrected chi connectivity index (χ4v) is 6.97.